The summed E-state index contributed by atoms with van der Waals surface area (Å²) in [5, 5.41) is 9.04. The molecule has 3 unspecified atom stereocenters. The zero-order valence-corrected chi connectivity index (χ0v) is 14.1. The van der Waals surface area contributed by atoms with Crippen molar-refractivity contribution < 1.29 is 19.5 Å². The van der Waals surface area contributed by atoms with Gasteiger partial charge in [-0.05, 0) is 25.2 Å². The lowest BCUT2D eigenvalue weighted by molar-refractivity contribution is -0.151. The summed E-state index contributed by atoms with van der Waals surface area (Å²) in [6, 6.07) is -0.767. The molecule has 1 N–H and O–H groups in total. The normalized spacial score (nSPS) is 25.0. The number of amides is 3. The molecule has 0 aromatic heterocycles. The highest BCUT2D eigenvalue weighted by atomic mass is 16.3. The quantitative estimate of drug-likeness (QED) is 0.580. The van der Waals surface area contributed by atoms with Crippen LogP contribution in [0.15, 0.2) is 12.2 Å². The van der Waals surface area contributed by atoms with Gasteiger partial charge in [0.25, 0.3) is 0 Å². The van der Waals surface area contributed by atoms with E-state index in [1.54, 1.807) is 7.05 Å². The maximum atomic E-state index is 12.7. The summed E-state index contributed by atoms with van der Waals surface area (Å²) < 4.78 is 0. The Morgan fingerprint density at radius 2 is 1.78 bits per heavy atom. The number of likely N-dealkylation sites (N-methyl/N-ethyl adjacent to an activating group) is 1. The van der Waals surface area contributed by atoms with Crippen LogP contribution in [0.25, 0.3) is 0 Å². The second kappa shape index (κ2) is 7.25. The highest BCUT2D eigenvalue weighted by Gasteiger charge is 2.51. The second-order valence-corrected chi connectivity index (χ2v) is 6.83. The number of likely N-dealkylation sites (tertiary alicyclic amines) is 1. The van der Waals surface area contributed by atoms with Gasteiger partial charge in [0, 0.05) is 13.6 Å². The van der Waals surface area contributed by atoms with E-state index in [1.165, 1.54) is 9.80 Å². The molecule has 128 valence electrons. The largest absolute Gasteiger partial charge is 0.395 e. The fourth-order valence-corrected chi connectivity index (χ4v) is 3.41. The third kappa shape index (κ3) is 3.47. The van der Waals surface area contributed by atoms with Gasteiger partial charge in [-0.3, -0.25) is 19.3 Å². The van der Waals surface area contributed by atoms with Gasteiger partial charge in [0.2, 0.25) is 17.7 Å². The fraction of sp³-hybridized carbons (Fsp3) is 0.706. The lowest BCUT2D eigenvalue weighted by atomic mass is 9.85. The summed E-state index contributed by atoms with van der Waals surface area (Å²) in [7, 11) is 1.59. The van der Waals surface area contributed by atoms with Crippen molar-refractivity contribution >= 4 is 17.7 Å². The fourth-order valence-electron chi connectivity index (χ4n) is 3.41. The van der Waals surface area contributed by atoms with Gasteiger partial charge in [0.05, 0.1) is 18.4 Å². The molecular formula is C17H26N2O4. The Labute approximate surface area is 137 Å². The number of fused-ring (bicyclic) bond motifs is 1. The molecule has 6 nitrogen and oxygen atoms in total. The number of hydrogen-bond acceptors (Lipinski definition) is 4. The molecule has 1 aliphatic carbocycles. The average molecular weight is 322 g/mol. The molecule has 3 amide bonds. The molecule has 0 bridgehead atoms. The Morgan fingerprint density at radius 3 is 2.22 bits per heavy atom. The van der Waals surface area contributed by atoms with Gasteiger partial charge >= 0.3 is 0 Å². The number of carbonyl (C=O) groups is 3. The standard InChI is InChI=1S/C17H26N2O4/c1-11(2)10-14(17(23)18(3)8-9-20)19-15(21)12-6-4-5-7-13(12)16(19)22/h4-5,11-14,20H,6-10H2,1-3H3. The summed E-state index contributed by atoms with van der Waals surface area (Å²) in [5.74, 6) is -1.19. The highest BCUT2D eigenvalue weighted by molar-refractivity contribution is 6.08. The van der Waals surface area contributed by atoms with E-state index >= 15 is 0 Å². The Balaban J connectivity index is 2.26. The van der Waals surface area contributed by atoms with Crippen molar-refractivity contribution in [3.63, 3.8) is 0 Å². The summed E-state index contributed by atoms with van der Waals surface area (Å²) in [5.41, 5.74) is 0. The lowest BCUT2D eigenvalue weighted by Crippen LogP contribution is -2.51. The van der Waals surface area contributed by atoms with Crippen LogP contribution in [0.1, 0.15) is 33.1 Å². The third-order valence-electron chi connectivity index (χ3n) is 4.64. The van der Waals surface area contributed by atoms with Crippen molar-refractivity contribution in [3.05, 3.63) is 12.2 Å². The number of nitrogens with zero attached hydrogens (tertiary/aromatic N) is 2. The summed E-state index contributed by atoms with van der Waals surface area (Å²) >= 11 is 0. The topological polar surface area (TPSA) is 77.9 Å². The van der Waals surface area contributed by atoms with Crippen molar-refractivity contribution in [2.24, 2.45) is 17.8 Å². The van der Waals surface area contributed by atoms with Crippen LogP contribution in [0.4, 0.5) is 0 Å². The maximum Gasteiger partial charge on any atom is 0.245 e. The minimum atomic E-state index is -0.767. The molecule has 1 aliphatic heterocycles. The van der Waals surface area contributed by atoms with Crippen LogP contribution in [-0.4, -0.2) is 58.9 Å². The molecular weight excluding hydrogens is 296 g/mol. The van der Waals surface area contributed by atoms with Crippen LogP contribution in [0.3, 0.4) is 0 Å². The van der Waals surface area contributed by atoms with Gasteiger partial charge < -0.3 is 10.0 Å². The van der Waals surface area contributed by atoms with Crippen LogP contribution in [0.5, 0.6) is 0 Å². The van der Waals surface area contributed by atoms with E-state index in [4.69, 9.17) is 5.11 Å². The molecule has 6 heteroatoms. The first kappa shape index (κ1) is 17.7. The number of allylic oxidation sites excluding steroid dienone is 2. The maximum absolute atomic E-state index is 12.7. The molecule has 3 atom stereocenters. The smallest absolute Gasteiger partial charge is 0.245 e. The molecule has 0 spiro atoms. The van der Waals surface area contributed by atoms with Crippen molar-refractivity contribution in [2.75, 3.05) is 20.2 Å². The van der Waals surface area contributed by atoms with E-state index in [1.807, 2.05) is 26.0 Å². The molecule has 0 aromatic rings. The first-order valence-electron chi connectivity index (χ1n) is 8.26. The number of aliphatic hydroxyl groups excluding tert-OH is 1. The third-order valence-corrected chi connectivity index (χ3v) is 4.64. The van der Waals surface area contributed by atoms with Crippen molar-refractivity contribution in [1.82, 2.24) is 9.80 Å². The number of imide groups is 1. The first-order chi connectivity index (χ1) is 10.9. The van der Waals surface area contributed by atoms with Crippen LogP contribution in [-0.2, 0) is 14.4 Å². The average Bonchev–Trinajstić information content (AvgIpc) is 2.76. The minimum absolute atomic E-state index is 0.145. The van der Waals surface area contributed by atoms with Gasteiger partial charge in [-0.25, -0.2) is 0 Å². The van der Waals surface area contributed by atoms with E-state index in [0.717, 1.165) is 0 Å². The van der Waals surface area contributed by atoms with E-state index < -0.39 is 6.04 Å². The van der Waals surface area contributed by atoms with Gasteiger partial charge in [0.1, 0.15) is 6.04 Å². The Hall–Kier alpha value is -1.69. The lowest BCUT2D eigenvalue weighted by Gasteiger charge is -2.30. The monoisotopic (exact) mass is 322 g/mol. The molecule has 0 radical (unpaired) electrons. The Morgan fingerprint density at radius 1 is 1.26 bits per heavy atom. The predicted octanol–water partition coefficient (Wildman–Crippen LogP) is 0.803. The van der Waals surface area contributed by atoms with Crippen LogP contribution in [0.2, 0.25) is 0 Å². The summed E-state index contributed by atoms with van der Waals surface area (Å²) in [6.45, 7) is 3.98. The zero-order valence-electron chi connectivity index (χ0n) is 14.1. The van der Waals surface area contributed by atoms with E-state index in [9.17, 15) is 14.4 Å². The molecule has 1 fully saturated rings. The van der Waals surface area contributed by atoms with Crippen molar-refractivity contribution in [2.45, 2.75) is 39.2 Å². The Kier molecular flexibility index (Phi) is 5.57. The Bertz CT molecular complexity index is 489. The molecule has 0 saturated carbocycles. The number of aliphatic hydroxyl groups is 1. The van der Waals surface area contributed by atoms with E-state index in [2.05, 4.69) is 0 Å². The van der Waals surface area contributed by atoms with Crippen molar-refractivity contribution in [3.8, 4) is 0 Å². The van der Waals surface area contributed by atoms with E-state index in [-0.39, 0.29) is 48.6 Å². The molecule has 2 aliphatic rings. The highest BCUT2D eigenvalue weighted by Crippen LogP contribution is 2.37. The second-order valence-electron chi connectivity index (χ2n) is 6.83. The molecule has 2 rings (SSSR count). The predicted molar refractivity (Wildman–Crippen MR) is 85.2 cm³/mol. The van der Waals surface area contributed by atoms with Gasteiger partial charge in [-0.1, -0.05) is 26.0 Å². The van der Waals surface area contributed by atoms with Crippen LogP contribution < -0.4 is 0 Å². The number of carbonyl (C=O) groups excluding carboxylic acids is 3. The number of hydrogen-bond donors (Lipinski definition) is 1. The van der Waals surface area contributed by atoms with Crippen LogP contribution >= 0.6 is 0 Å². The van der Waals surface area contributed by atoms with E-state index in [0.29, 0.717) is 19.3 Å². The molecule has 1 saturated heterocycles. The zero-order chi connectivity index (χ0) is 17.1. The SMILES string of the molecule is CC(C)CC(C(=O)N(C)CCO)N1C(=O)C2CC=CCC2C1=O. The minimum Gasteiger partial charge on any atom is -0.395 e. The van der Waals surface area contributed by atoms with Gasteiger partial charge in [-0.2, -0.15) is 0 Å². The molecule has 23 heavy (non-hydrogen) atoms. The summed E-state index contributed by atoms with van der Waals surface area (Å²) in [6.07, 6.45) is 5.46. The number of rotatable bonds is 6. The molecule has 1 heterocycles. The van der Waals surface area contributed by atoms with Gasteiger partial charge in [0.15, 0.2) is 0 Å². The first-order valence-corrected chi connectivity index (χ1v) is 8.26. The van der Waals surface area contributed by atoms with Gasteiger partial charge in [-0.15, -0.1) is 0 Å². The molecule has 0 aromatic carbocycles. The van der Waals surface area contributed by atoms with Crippen molar-refractivity contribution in [1.29, 1.82) is 0 Å². The summed E-state index contributed by atoms with van der Waals surface area (Å²) in [4.78, 5) is 40.7. The van der Waals surface area contributed by atoms with Crippen LogP contribution in [0, 0.1) is 17.8 Å².